The molecule has 0 bridgehead atoms. The number of nitrogens with one attached hydrogen (secondary N) is 1. The number of carbonyl (C=O) groups excluding carboxylic acids is 1. The van der Waals surface area contributed by atoms with Crippen molar-refractivity contribution in [2.45, 2.75) is 33.6 Å². The highest BCUT2D eigenvalue weighted by molar-refractivity contribution is 5.89. The van der Waals surface area contributed by atoms with Gasteiger partial charge in [0.25, 0.3) is 0 Å². The zero-order valence-corrected chi connectivity index (χ0v) is 13.3. The Bertz CT molecular complexity index is 529. The van der Waals surface area contributed by atoms with E-state index in [-0.39, 0.29) is 5.97 Å². The van der Waals surface area contributed by atoms with Gasteiger partial charge in [0.1, 0.15) is 5.82 Å². The molecule has 1 N–H and O–H groups in total. The number of allylic oxidation sites excluding steroid dienone is 3. The number of hydrogen-bond acceptors (Lipinski definition) is 4. The van der Waals surface area contributed by atoms with Gasteiger partial charge in [-0.05, 0) is 45.7 Å². The van der Waals surface area contributed by atoms with Gasteiger partial charge in [0.15, 0.2) is 0 Å². The molecule has 0 aliphatic carbocycles. The van der Waals surface area contributed by atoms with E-state index in [2.05, 4.69) is 48.0 Å². The molecule has 0 amide bonds. The first-order chi connectivity index (χ1) is 10.0. The van der Waals surface area contributed by atoms with Crippen LogP contribution in [0.15, 0.2) is 41.6 Å². The minimum atomic E-state index is -0.353. The number of esters is 1. The minimum absolute atomic E-state index is 0.353. The predicted octanol–water partition coefficient (Wildman–Crippen LogP) is 3.97. The maximum Gasteiger partial charge on any atom is 0.338 e. The quantitative estimate of drug-likeness (QED) is 0.609. The molecule has 0 saturated heterocycles. The van der Waals surface area contributed by atoms with E-state index in [0.717, 1.165) is 12.8 Å². The SMILES string of the molecule is COC(=O)c1ccnc(NCC=C(C)CCC=C(C)C)c1. The second-order valence-electron chi connectivity index (χ2n) is 5.17. The fourth-order valence-corrected chi connectivity index (χ4v) is 1.79. The van der Waals surface area contributed by atoms with E-state index in [0.29, 0.717) is 17.9 Å². The molecular formula is C17H24N2O2. The summed E-state index contributed by atoms with van der Waals surface area (Å²) in [7, 11) is 1.37. The summed E-state index contributed by atoms with van der Waals surface area (Å²) in [6.45, 7) is 7.04. The van der Waals surface area contributed by atoms with Crippen LogP contribution in [0.3, 0.4) is 0 Å². The van der Waals surface area contributed by atoms with Crippen molar-refractivity contribution >= 4 is 11.8 Å². The number of carbonyl (C=O) groups is 1. The predicted molar refractivity (Wildman–Crippen MR) is 86.5 cm³/mol. The zero-order valence-electron chi connectivity index (χ0n) is 13.3. The highest BCUT2D eigenvalue weighted by atomic mass is 16.5. The van der Waals surface area contributed by atoms with Gasteiger partial charge in [0.05, 0.1) is 12.7 Å². The third-order valence-electron chi connectivity index (χ3n) is 3.01. The lowest BCUT2D eigenvalue weighted by molar-refractivity contribution is 0.0600. The maximum absolute atomic E-state index is 11.4. The van der Waals surface area contributed by atoms with Crippen LogP contribution in [-0.4, -0.2) is 24.6 Å². The number of ether oxygens (including phenoxy) is 1. The molecule has 114 valence electrons. The molecule has 1 heterocycles. The van der Waals surface area contributed by atoms with Gasteiger partial charge in [0, 0.05) is 12.7 Å². The van der Waals surface area contributed by atoms with Gasteiger partial charge in [0.2, 0.25) is 0 Å². The first-order valence-electron chi connectivity index (χ1n) is 7.10. The van der Waals surface area contributed by atoms with E-state index in [1.54, 1.807) is 18.3 Å². The third-order valence-corrected chi connectivity index (χ3v) is 3.01. The summed E-state index contributed by atoms with van der Waals surface area (Å²) in [4.78, 5) is 15.6. The molecule has 4 nitrogen and oxygen atoms in total. The Morgan fingerprint density at radius 3 is 2.76 bits per heavy atom. The number of hydrogen-bond donors (Lipinski definition) is 1. The zero-order chi connectivity index (χ0) is 15.7. The number of anilines is 1. The van der Waals surface area contributed by atoms with E-state index in [1.807, 2.05) is 0 Å². The molecule has 1 aromatic heterocycles. The topological polar surface area (TPSA) is 51.2 Å². The minimum Gasteiger partial charge on any atom is -0.465 e. The van der Waals surface area contributed by atoms with Crippen LogP contribution in [0.1, 0.15) is 44.0 Å². The molecule has 4 heteroatoms. The monoisotopic (exact) mass is 288 g/mol. The summed E-state index contributed by atoms with van der Waals surface area (Å²) in [5.41, 5.74) is 3.19. The number of aromatic nitrogens is 1. The molecule has 1 aromatic rings. The molecule has 0 aromatic carbocycles. The van der Waals surface area contributed by atoms with E-state index in [4.69, 9.17) is 0 Å². The average Bonchev–Trinajstić information content (AvgIpc) is 2.46. The van der Waals surface area contributed by atoms with E-state index in [9.17, 15) is 4.79 Å². The Balaban J connectivity index is 2.48. The van der Waals surface area contributed by atoms with Crippen LogP contribution >= 0.6 is 0 Å². The molecule has 0 radical (unpaired) electrons. The van der Waals surface area contributed by atoms with Crippen LogP contribution in [0.4, 0.5) is 5.82 Å². The van der Waals surface area contributed by atoms with Gasteiger partial charge >= 0.3 is 5.97 Å². The van der Waals surface area contributed by atoms with Crippen LogP contribution < -0.4 is 5.32 Å². The van der Waals surface area contributed by atoms with Crippen molar-refractivity contribution in [3.8, 4) is 0 Å². The van der Waals surface area contributed by atoms with Crippen LogP contribution in [-0.2, 0) is 4.74 Å². The highest BCUT2D eigenvalue weighted by Gasteiger charge is 2.05. The maximum atomic E-state index is 11.4. The summed E-state index contributed by atoms with van der Waals surface area (Å²) < 4.78 is 4.69. The van der Waals surface area contributed by atoms with Crippen LogP contribution in [0.2, 0.25) is 0 Å². The Labute approximate surface area is 126 Å². The Morgan fingerprint density at radius 1 is 1.33 bits per heavy atom. The molecule has 1 rings (SSSR count). The van der Waals surface area contributed by atoms with E-state index < -0.39 is 0 Å². The molecule has 0 spiro atoms. The Hall–Kier alpha value is -2.10. The number of nitrogens with zero attached hydrogens (tertiary/aromatic N) is 1. The molecule has 0 fully saturated rings. The van der Waals surface area contributed by atoms with Crippen molar-refractivity contribution in [1.82, 2.24) is 4.98 Å². The fraction of sp³-hybridized carbons (Fsp3) is 0.412. The second kappa shape index (κ2) is 8.95. The van der Waals surface area contributed by atoms with Gasteiger partial charge in [-0.1, -0.05) is 23.3 Å². The van der Waals surface area contributed by atoms with Crippen LogP contribution in [0.25, 0.3) is 0 Å². The van der Waals surface area contributed by atoms with Gasteiger partial charge in [-0.3, -0.25) is 0 Å². The van der Waals surface area contributed by atoms with Crippen molar-refractivity contribution in [3.05, 3.63) is 47.2 Å². The van der Waals surface area contributed by atoms with Crippen molar-refractivity contribution < 1.29 is 9.53 Å². The van der Waals surface area contributed by atoms with Gasteiger partial charge < -0.3 is 10.1 Å². The lowest BCUT2D eigenvalue weighted by Gasteiger charge is -2.05. The Morgan fingerprint density at radius 2 is 2.10 bits per heavy atom. The summed E-state index contributed by atoms with van der Waals surface area (Å²) in [6, 6.07) is 3.33. The molecule has 0 aliphatic rings. The van der Waals surface area contributed by atoms with Crippen molar-refractivity contribution in [3.63, 3.8) is 0 Å². The van der Waals surface area contributed by atoms with Gasteiger partial charge in [-0.2, -0.15) is 0 Å². The summed E-state index contributed by atoms with van der Waals surface area (Å²) >= 11 is 0. The number of methoxy groups -OCH3 is 1. The molecule has 21 heavy (non-hydrogen) atoms. The number of rotatable bonds is 7. The van der Waals surface area contributed by atoms with E-state index in [1.165, 1.54) is 18.3 Å². The number of pyridine rings is 1. The normalized spacial score (nSPS) is 11.0. The smallest absolute Gasteiger partial charge is 0.338 e. The largest absolute Gasteiger partial charge is 0.465 e. The molecule has 0 saturated carbocycles. The first kappa shape index (κ1) is 17.0. The molecule has 0 aliphatic heterocycles. The summed E-state index contributed by atoms with van der Waals surface area (Å²) in [6.07, 6.45) is 8.11. The van der Waals surface area contributed by atoms with Gasteiger partial charge in [-0.25, -0.2) is 9.78 Å². The van der Waals surface area contributed by atoms with Crippen molar-refractivity contribution in [2.24, 2.45) is 0 Å². The second-order valence-corrected chi connectivity index (χ2v) is 5.17. The molecule has 0 unspecified atom stereocenters. The van der Waals surface area contributed by atoms with Gasteiger partial charge in [-0.15, -0.1) is 0 Å². The molecule has 0 atom stereocenters. The lowest BCUT2D eigenvalue weighted by Crippen LogP contribution is -2.05. The molecular weight excluding hydrogens is 264 g/mol. The third kappa shape index (κ3) is 6.75. The lowest BCUT2D eigenvalue weighted by atomic mass is 10.1. The van der Waals surface area contributed by atoms with E-state index >= 15 is 0 Å². The fourth-order valence-electron chi connectivity index (χ4n) is 1.79. The standard InChI is InChI=1S/C17H24N2O2/c1-13(2)6-5-7-14(3)8-10-18-16-12-15(9-11-19-16)17(20)21-4/h6,8-9,11-12H,5,7,10H2,1-4H3,(H,18,19). The summed E-state index contributed by atoms with van der Waals surface area (Å²) in [5, 5.41) is 3.18. The first-order valence-corrected chi connectivity index (χ1v) is 7.10. The highest BCUT2D eigenvalue weighted by Crippen LogP contribution is 2.09. The van der Waals surface area contributed by atoms with Crippen molar-refractivity contribution in [1.29, 1.82) is 0 Å². The summed E-state index contributed by atoms with van der Waals surface area (Å²) in [5.74, 6) is 0.320. The van der Waals surface area contributed by atoms with Crippen LogP contribution in [0.5, 0.6) is 0 Å². The average molecular weight is 288 g/mol. The van der Waals surface area contributed by atoms with Crippen molar-refractivity contribution in [2.75, 3.05) is 19.0 Å². The Kier molecular flexibility index (Phi) is 7.23. The van der Waals surface area contributed by atoms with Crippen LogP contribution in [0, 0.1) is 0 Å².